The second kappa shape index (κ2) is 53.8. The van der Waals surface area contributed by atoms with Crippen LogP contribution in [0.25, 0.3) is 0 Å². The van der Waals surface area contributed by atoms with Crippen molar-refractivity contribution >= 4 is 19.7 Å². The molecule has 0 aromatic heterocycles. The Bertz CT molecular complexity index is 1500. The first kappa shape index (κ1) is 71.5. The van der Waals surface area contributed by atoms with Gasteiger partial charge in [-0.2, -0.15) is 0 Å². The summed E-state index contributed by atoms with van der Waals surface area (Å²) in [7, 11) is 1.48. The van der Waals surface area contributed by atoms with Gasteiger partial charge in [-0.15, -0.1) is 0 Å². The number of ether oxygens (including phenoxy) is 1. The Balaban J connectivity index is 5.28. The van der Waals surface area contributed by atoms with Gasteiger partial charge in [-0.05, 0) is 96.0 Å². The summed E-state index contributed by atoms with van der Waals surface area (Å²) >= 11 is 0. The largest absolute Gasteiger partial charge is 0.472 e. The predicted octanol–water partition coefficient (Wildman–Crippen LogP) is 18.8. The molecule has 0 aliphatic heterocycles. The molecule has 3 unspecified atom stereocenters. The fourth-order valence-corrected chi connectivity index (χ4v) is 9.37. The average Bonchev–Trinajstić information content (AvgIpc) is 3.36. The van der Waals surface area contributed by atoms with Gasteiger partial charge < -0.3 is 19.4 Å². The van der Waals surface area contributed by atoms with Crippen LogP contribution in [0.3, 0.4) is 0 Å². The third-order valence-electron chi connectivity index (χ3n) is 13.4. The molecule has 10 heteroatoms. The van der Waals surface area contributed by atoms with Gasteiger partial charge in [0.05, 0.1) is 33.8 Å². The van der Waals surface area contributed by atoms with Crippen molar-refractivity contribution in [3.8, 4) is 0 Å². The van der Waals surface area contributed by atoms with Crippen LogP contribution >= 0.6 is 7.82 Å². The lowest BCUT2D eigenvalue weighted by molar-refractivity contribution is -0.870. The minimum Gasteiger partial charge on any atom is -0.456 e. The molecule has 74 heavy (non-hydrogen) atoms. The van der Waals surface area contributed by atoms with Crippen molar-refractivity contribution in [2.45, 2.75) is 283 Å². The van der Waals surface area contributed by atoms with E-state index in [0.29, 0.717) is 17.4 Å². The maximum absolute atomic E-state index is 13.5. The van der Waals surface area contributed by atoms with E-state index in [1.165, 1.54) is 128 Å². The number of carbonyl (C=O) groups excluding carboxylic acids is 2. The van der Waals surface area contributed by atoms with Crippen LogP contribution in [-0.4, -0.2) is 74.3 Å². The lowest BCUT2D eigenvalue weighted by Gasteiger charge is -2.27. The highest BCUT2D eigenvalue weighted by atomic mass is 31.2. The highest BCUT2D eigenvalue weighted by molar-refractivity contribution is 7.47. The van der Waals surface area contributed by atoms with E-state index in [1.807, 2.05) is 33.3 Å². The predicted molar refractivity (Wildman–Crippen MR) is 318 cm³/mol. The minimum atomic E-state index is -4.45. The number of allylic oxidation sites excluding steroid dienone is 11. The number of quaternary nitrogens is 1. The molecule has 1 amide bonds. The summed E-state index contributed by atoms with van der Waals surface area (Å²) in [4.78, 5) is 37.7. The maximum atomic E-state index is 13.5. The van der Waals surface area contributed by atoms with Crippen molar-refractivity contribution in [1.82, 2.24) is 5.32 Å². The standard InChI is InChI=1S/C64H117N2O7P/c1-7-10-13-16-19-22-25-28-30-31-32-33-34-35-36-38-41-44-47-50-53-56-63(67)65-61(60-72-74(69,70)71-59-58-66(4,5)6)62(55-52-49-46-43-40-37-27-24-21-18-15-12-9-3)73-64(68)57-54-51-48-45-42-39-29-26-23-20-17-14-11-8-2/h11,14,19-20,22-23,28,30,32-33,52,55,61-62H,7-10,12-13,15-18,21,24-27,29,31,34-51,53-54,56-60H2,1-6H3,(H-,65,67,69,70)/p+1/b14-11+,22-19-,23-20+,30-28-,33-32-,55-52-. The first-order valence-electron chi connectivity index (χ1n) is 30.8. The van der Waals surface area contributed by atoms with Gasteiger partial charge in [0.1, 0.15) is 19.3 Å². The Morgan fingerprint density at radius 3 is 1.32 bits per heavy atom. The zero-order chi connectivity index (χ0) is 54.3. The fraction of sp³-hybridized carbons (Fsp3) is 0.781. The summed E-state index contributed by atoms with van der Waals surface area (Å²) < 4.78 is 30.7. The van der Waals surface area contributed by atoms with Gasteiger partial charge in [0, 0.05) is 12.8 Å². The van der Waals surface area contributed by atoms with E-state index < -0.39 is 20.0 Å². The molecule has 0 rings (SSSR count). The van der Waals surface area contributed by atoms with Crippen LogP contribution in [0, 0.1) is 0 Å². The van der Waals surface area contributed by atoms with E-state index in [1.54, 1.807) is 0 Å². The van der Waals surface area contributed by atoms with Gasteiger partial charge in [-0.3, -0.25) is 18.6 Å². The lowest BCUT2D eigenvalue weighted by atomic mass is 10.0. The molecule has 0 spiro atoms. The van der Waals surface area contributed by atoms with E-state index in [4.69, 9.17) is 13.8 Å². The molecule has 0 aromatic rings. The Hall–Kier alpha value is -2.55. The molecule has 0 aliphatic carbocycles. The smallest absolute Gasteiger partial charge is 0.456 e. The third-order valence-corrected chi connectivity index (χ3v) is 14.4. The molecule has 0 heterocycles. The molecule has 0 bridgehead atoms. The normalized spacial score (nSPS) is 14.2. The zero-order valence-corrected chi connectivity index (χ0v) is 50.0. The van der Waals surface area contributed by atoms with Gasteiger partial charge in [0.15, 0.2) is 0 Å². The molecular weight excluding hydrogens is 940 g/mol. The van der Waals surface area contributed by atoms with E-state index in [0.717, 1.165) is 109 Å². The van der Waals surface area contributed by atoms with Crippen molar-refractivity contribution in [2.75, 3.05) is 40.9 Å². The molecular formula is C64H118N2O7P+. The van der Waals surface area contributed by atoms with Crippen LogP contribution in [0.2, 0.25) is 0 Å². The monoisotopic (exact) mass is 1060 g/mol. The summed E-state index contributed by atoms with van der Waals surface area (Å²) in [6.07, 6.45) is 68.9. The SMILES string of the molecule is CC/C=C/C/C=C/CCCCCCCCCC(=O)OC(/C=C\CCCCCCCCCCCCC)C(COP(=O)(O)OCC[N+](C)(C)C)NC(=O)CCCCCCCCCC/C=C\C/C=C\C/C=C\CCCCC. The molecule has 0 saturated carbocycles. The van der Waals surface area contributed by atoms with Crippen LogP contribution in [0.5, 0.6) is 0 Å². The Labute approximate surface area is 457 Å². The van der Waals surface area contributed by atoms with Crippen LogP contribution in [0.1, 0.15) is 271 Å². The zero-order valence-electron chi connectivity index (χ0n) is 49.1. The second-order valence-electron chi connectivity index (χ2n) is 21.8. The highest BCUT2D eigenvalue weighted by Crippen LogP contribution is 2.43. The molecule has 2 N–H and O–H groups in total. The molecule has 0 radical (unpaired) electrons. The van der Waals surface area contributed by atoms with Crippen molar-refractivity contribution < 1.29 is 37.3 Å². The molecule has 3 atom stereocenters. The minimum absolute atomic E-state index is 0.0351. The number of phosphoric acid groups is 1. The number of hydrogen-bond acceptors (Lipinski definition) is 6. The van der Waals surface area contributed by atoms with Gasteiger partial charge in [-0.1, -0.05) is 235 Å². The highest BCUT2D eigenvalue weighted by Gasteiger charge is 2.30. The number of esters is 1. The number of unbranched alkanes of at least 4 members (excludes halogenated alkanes) is 29. The number of amides is 1. The summed E-state index contributed by atoms with van der Waals surface area (Å²) in [6.45, 7) is 6.88. The van der Waals surface area contributed by atoms with E-state index in [9.17, 15) is 19.0 Å². The number of hydrogen-bond donors (Lipinski definition) is 2. The molecule has 430 valence electrons. The number of carbonyl (C=O) groups is 2. The van der Waals surface area contributed by atoms with E-state index in [2.05, 4.69) is 86.8 Å². The first-order chi connectivity index (χ1) is 35.9. The number of likely N-dealkylation sites (N-methyl/N-ethyl adjacent to an activating group) is 1. The molecule has 0 aromatic carbocycles. The summed E-state index contributed by atoms with van der Waals surface area (Å²) in [5.74, 6) is -0.521. The van der Waals surface area contributed by atoms with Crippen LogP contribution < -0.4 is 5.32 Å². The van der Waals surface area contributed by atoms with Crippen molar-refractivity contribution in [3.05, 3.63) is 72.9 Å². The molecule has 0 aliphatic rings. The van der Waals surface area contributed by atoms with Gasteiger partial charge in [-0.25, -0.2) is 4.57 Å². The van der Waals surface area contributed by atoms with E-state index >= 15 is 0 Å². The number of nitrogens with zero attached hydrogens (tertiary/aromatic N) is 1. The van der Waals surface area contributed by atoms with Crippen molar-refractivity contribution in [1.29, 1.82) is 0 Å². The maximum Gasteiger partial charge on any atom is 0.472 e. The summed E-state index contributed by atoms with van der Waals surface area (Å²) in [6, 6.07) is -0.858. The van der Waals surface area contributed by atoms with Gasteiger partial charge >= 0.3 is 13.8 Å². The number of phosphoric ester groups is 1. The topological polar surface area (TPSA) is 111 Å². The second-order valence-corrected chi connectivity index (χ2v) is 23.3. The Kier molecular flexibility index (Phi) is 52.0. The Morgan fingerprint density at radius 1 is 0.486 bits per heavy atom. The summed E-state index contributed by atoms with van der Waals surface area (Å²) in [5.41, 5.74) is 0. The molecule has 9 nitrogen and oxygen atoms in total. The van der Waals surface area contributed by atoms with Crippen LogP contribution in [-0.2, 0) is 27.9 Å². The van der Waals surface area contributed by atoms with Gasteiger partial charge in [0.2, 0.25) is 5.91 Å². The van der Waals surface area contributed by atoms with Crippen molar-refractivity contribution in [3.63, 3.8) is 0 Å². The lowest BCUT2D eigenvalue weighted by Crippen LogP contribution is -2.47. The molecule has 0 fully saturated rings. The first-order valence-corrected chi connectivity index (χ1v) is 32.3. The third kappa shape index (κ3) is 54.2. The Morgan fingerprint density at radius 2 is 0.865 bits per heavy atom. The number of rotatable bonds is 55. The van der Waals surface area contributed by atoms with E-state index in [-0.39, 0.29) is 31.5 Å². The van der Waals surface area contributed by atoms with Crippen molar-refractivity contribution in [2.24, 2.45) is 0 Å². The average molecular weight is 1060 g/mol. The number of nitrogens with one attached hydrogen (secondary N) is 1. The van der Waals surface area contributed by atoms with Gasteiger partial charge in [0.25, 0.3) is 0 Å². The fourth-order valence-electron chi connectivity index (χ4n) is 8.63. The quantitative estimate of drug-likeness (QED) is 0.0205. The molecule has 0 saturated heterocycles. The summed E-state index contributed by atoms with van der Waals surface area (Å²) in [5, 5.41) is 3.05. The van der Waals surface area contributed by atoms with Crippen LogP contribution in [0.4, 0.5) is 0 Å². The van der Waals surface area contributed by atoms with Crippen LogP contribution in [0.15, 0.2) is 72.9 Å².